The van der Waals surface area contributed by atoms with Gasteiger partial charge in [-0.05, 0) is 34.4 Å². The van der Waals surface area contributed by atoms with Gasteiger partial charge < -0.3 is 0 Å². The van der Waals surface area contributed by atoms with E-state index in [1.807, 2.05) is 30.3 Å². The van der Waals surface area contributed by atoms with Crippen LogP contribution in [0.5, 0.6) is 0 Å². The molecule has 2 heterocycles. The van der Waals surface area contributed by atoms with Crippen molar-refractivity contribution in [1.29, 1.82) is 0 Å². The maximum Gasteiger partial charge on any atom is 0.269 e. The van der Waals surface area contributed by atoms with Crippen molar-refractivity contribution in [2.45, 2.75) is 24.2 Å². The van der Waals surface area contributed by atoms with Crippen LogP contribution < -0.4 is 0 Å². The van der Waals surface area contributed by atoms with Crippen molar-refractivity contribution in [2.75, 3.05) is 0 Å². The van der Waals surface area contributed by atoms with E-state index in [1.165, 1.54) is 11.1 Å². The summed E-state index contributed by atoms with van der Waals surface area (Å²) < 4.78 is 0. The van der Waals surface area contributed by atoms with E-state index in [-0.39, 0.29) is 34.8 Å². The van der Waals surface area contributed by atoms with Gasteiger partial charge in [-0.3, -0.25) is 20.0 Å². The third kappa shape index (κ3) is 3.51. The minimum atomic E-state index is -0.360. The second-order valence-corrected chi connectivity index (χ2v) is 8.78. The Labute approximate surface area is 198 Å². The molecule has 0 aliphatic carbocycles. The van der Waals surface area contributed by atoms with Crippen molar-refractivity contribution in [1.82, 2.24) is 4.90 Å². The minimum absolute atomic E-state index is 0.0845. The van der Waals surface area contributed by atoms with Crippen molar-refractivity contribution in [3.63, 3.8) is 0 Å². The fraction of sp³-hybridized carbons (Fsp3) is 0.138. The van der Waals surface area contributed by atoms with Gasteiger partial charge in [-0.15, -0.1) is 0 Å². The average molecular weight is 446 g/mol. The highest BCUT2D eigenvalue weighted by Crippen LogP contribution is 2.58. The van der Waals surface area contributed by atoms with Crippen LogP contribution in [0.25, 0.3) is 0 Å². The molecule has 0 saturated carbocycles. The molecule has 0 N–H and O–H groups in total. The second-order valence-electron chi connectivity index (χ2n) is 8.78. The largest absolute Gasteiger partial charge is 0.277 e. The van der Waals surface area contributed by atoms with Crippen molar-refractivity contribution in [3.05, 3.63) is 148 Å². The SMILES string of the molecule is O=[N+]([O-])c1ccc(C2=N[C@H](c3ccccc3)[C@@H](c3ccccc3)N3[C@@H]2[C@@H]3c2ccccc2)cc1. The Balaban J connectivity index is 1.51. The van der Waals surface area contributed by atoms with E-state index in [0.717, 1.165) is 16.8 Å². The summed E-state index contributed by atoms with van der Waals surface area (Å²) in [6.07, 6.45) is 0. The highest BCUT2D eigenvalue weighted by molar-refractivity contribution is 6.07. The summed E-state index contributed by atoms with van der Waals surface area (Å²) in [6, 6.07) is 38.7. The summed E-state index contributed by atoms with van der Waals surface area (Å²) in [7, 11) is 0. The Morgan fingerprint density at radius 1 is 0.618 bits per heavy atom. The lowest BCUT2D eigenvalue weighted by molar-refractivity contribution is -0.384. The van der Waals surface area contributed by atoms with Crippen LogP contribution in [0.3, 0.4) is 0 Å². The molecule has 5 nitrogen and oxygen atoms in total. The molecule has 2 aliphatic heterocycles. The van der Waals surface area contributed by atoms with Crippen molar-refractivity contribution in [3.8, 4) is 0 Å². The molecular weight excluding hydrogens is 422 g/mol. The number of nitro benzene ring substituents is 1. The molecule has 0 amide bonds. The monoisotopic (exact) mass is 445 g/mol. The van der Waals surface area contributed by atoms with Crippen LogP contribution >= 0.6 is 0 Å². The lowest BCUT2D eigenvalue weighted by atomic mass is 9.91. The maximum absolute atomic E-state index is 11.2. The first-order valence-corrected chi connectivity index (χ1v) is 11.5. The van der Waals surface area contributed by atoms with E-state index >= 15 is 0 Å². The first-order valence-electron chi connectivity index (χ1n) is 11.5. The van der Waals surface area contributed by atoms with Gasteiger partial charge in [0.1, 0.15) is 0 Å². The van der Waals surface area contributed by atoms with Gasteiger partial charge in [0.05, 0.1) is 34.8 Å². The van der Waals surface area contributed by atoms with Crippen molar-refractivity contribution < 1.29 is 4.92 Å². The van der Waals surface area contributed by atoms with E-state index in [1.54, 1.807) is 12.1 Å². The first-order chi connectivity index (χ1) is 16.7. The van der Waals surface area contributed by atoms with Crippen LogP contribution in [0.15, 0.2) is 120 Å². The zero-order valence-electron chi connectivity index (χ0n) is 18.4. The van der Waals surface area contributed by atoms with Gasteiger partial charge in [-0.2, -0.15) is 0 Å². The van der Waals surface area contributed by atoms with Crippen molar-refractivity contribution in [2.24, 2.45) is 4.99 Å². The number of fused-ring (bicyclic) bond motifs is 1. The number of nitrogens with zero attached hydrogens (tertiary/aromatic N) is 3. The number of non-ortho nitro benzene ring substituents is 1. The van der Waals surface area contributed by atoms with Crippen LogP contribution in [-0.4, -0.2) is 21.6 Å². The van der Waals surface area contributed by atoms with Gasteiger partial charge in [-0.1, -0.05) is 91.0 Å². The Hall–Kier alpha value is -4.09. The van der Waals surface area contributed by atoms with Crippen molar-refractivity contribution >= 4 is 11.4 Å². The normalized spacial score (nSPS) is 25.2. The summed E-state index contributed by atoms with van der Waals surface area (Å²) >= 11 is 0. The Kier molecular flexibility index (Phi) is 5.04. The van der Waals surface area contributed by atoms with Gasteiger partial charge in [0, 0.05) is 12.1 Å². The van der Waals surface area contributed by atoms with Gasteiger partial charge in [0.2, 0.25) is 0 Å². The lowest BCUT2D eigenvalue weighted by Crippen LogP contribution is -2.29. The predicted molar refractivity (Wildman–Crippen MR) is 133 cm³/mol. The average Bonchev–Trinajstić information content (AvgIpc) is 3.65. The standard InChI is InChI=1S/C29H23N3O2/c33-32(34)24-18-16-21(17-19-24)26-29-28(23-14-8-3-9-15-23)31(29)27(22-12-6-2-7-13-22)25(30-26)20-10-4-1-5-11-20/h1-19,25,27-29H/t25-,27-,28+,29+,31?/m1/s1. The third-order valence-electron chi connectivity index (χ3n) is 6.83. The van der Waals surface area contributed by atoms with Gasteiger partial charge >= 0.3 is 0 Å². The third-order valence-corrected chi connectivity index (χ3v) is 6.83. The molecule has 34 heavy (non-hydrogen) atoms. The van der Waals surface area contributed by atoms with Crippen LogP contribution in [0.1, 0.15) is 40.4 Å². The Bertz CT molecular complexity index is 1340. The number of hydrogen-bond acceptors (Lipinski definition) is 4. The molecule has 0 radical (unpaired) electrons. The van der Waals surface area contributed by atoms with E-state index in [4.69, 9.17) is 4.99 Å². The zero-order chi connectivity index (χ0) is 23.1. The molecule has 6 rings (SSSR count). The van der Waals surface area contributed by atoms with Crippen LogP contribution in [0.2, 0.25) is 0 Å². The minimum Gasteiger partial charge on any atom is -0.277 e. The summed E-state index contributed by atoms with van der Waals surface area (Å²) in [4.78, 5) is 18.7. The van der Waals surface area contributed by atoms with E-state index in [0.29, 0.717) is 0 Å². The van der Waals surface area contributed by atoms with E-state index in [9.17, 15) is 10.1 Å². The number of aliphatic imine (C=N–C) groups is 1. The number of rotatable bonds is 5. The molecule has 0 aromatic heterocycles. The molecule has 1 saturated heterocycles. The second kappa shape index (κ2) is 8.36. The molecular formula is C29H23N3O2. The van der Waals surface area contributed by atoms with Gasteiger partial charge in [-0.25, -0.2) is 0 Å². The maximum atomic E-state index is 11.2. The molecule has 4 aromatic carbocycles. The quantitative estimate of drug-likeness (QED) is 0.206. The summed E-state index contributed by atoms with van der Waals surface area (Å²) in [5, 5.41) is 11.2. The summed E-state index contributed by atoms with van der Waals surface area (Å²) in [6.45, 7) is 0. The molecule has 1 fully saturated rings. The highest BCUT2D eigenvalue weighted by atomic mass is 16.6. The van der Waals surface area contributed by atoms with Crippen LogP contribution in [-0.2, 0) is 0 Å². The lowest BCUT2D eigenvalue weighted by Gasteiger charge is -2.32. The summed E-state index contributed by atoms with van der Waals surface area (Å²) in [5.41, 5.74) is 5.68. The molecule has 2 aliphatic rings. The molecule has 166 valence electrons. The Morgan fingerprint density at radius 3 is 1.65 bits per heavy atom. The number of nitro groups is 1. The van der Waals surface area contributed by atoms with Gasteiger partial charge in [0.25, 0.3) is 5.69 Å². The molecule has 0 bridgehead atoms. The Morgan fingerprint density at radius 2 is 1.12 bits per heavy atom. The van der Waals surface area contributed by atoms with Crippen LogP contribution in [0.4, 0.5) is 5.69 Å². The topological polar surface area (TPSA) is 58.5 Å². The van der Waals surface area contributed by atoms with E-state index < -0.39 is 0 Å². The molecule has 4 aromatic rings. The van der Waals surface area contributed by atoms with Gasteiger partial charge in [0.15, 0.2) is 0 Å². The number of benzene rings is 4. The fourth-order valence-corrected chi connectivity index (χ4v) is 5.26. The number of hydrogen-bond donors (Lipinski definition) is 0. The molecule has 5 atom stereocenters. The first kappa shape index (κ1) is 20.5. The van der Waals surface area contributed by atoms with Crippen LogP contribution in [0, 0.1) is 10.1 Å². The smallest absolute Gasteiger partial charge is 0.269 e. The molecule has 5 heteroatoms. The van der Waals surface area contributed by atoms with E-state index in [2.05, 4.69) is 77.7 Å². The molecule has 0 spiro atoms. The molecule has 1 unspecified atom stereocenters. The predicted octanol–water partition coefficient (Wildman–Crippen LogP) is 6.31. The fourth-order valence-electron chi connectivity index (χ4n) is 5.26. The zero-order valence-corrected chi connectivity index (χ0v) is 18.4. The highest BCUT2D eigenvalue weighted by Gasteiger charge is 2.59. The summed E-state index contributed by atoms with van der Waals surface area (Å²) in [5.74, 6) is 0.